The van der Waals surface area contributed by atoms with Crippen molar-refractivity contribution in [3.63, 3.8) is 0 Å². The van der Waals surface area contributed by atoms with Gasteiger partial charge in [0.15, 0.2) is 11.5 Å². The maximum absolute atomic E-state index is 13.3. The Hall–Kier alpha value is -2.97. The van der Waals surface area contributed by atoms with Crippen LogP contribution in [-0.4, -0.2) is 36.5 Å². The number of nitrogens with zero attached hydrogens (tertiary/aromatic N) is 1. The lowest BCUT2D eigenvalue weighted by molar-refractivity contribution is -0.134. The van der Waals surface area contributed by atoms with E-state index < -0.39 is 11.9 Å². The Labute approximate surface area is 188 Å². The van der Waals surface area contributed by atoms with Crippen molar-refractivity contribution >= 4 is 41.1 Å². The number of carbonyl (C=O) groups excluding carboxylic acids is 2. The third-order valence-electron chi connectivity index (χ3n) is 4.85. The van der Waals surface area contributed by atoms with E-state index in [2.05, 4.69) is 4.74 Å². The van der Waals surface area contributed by atoms with Gasteiger partial charge in [-0.25, -0.2) is 9.59 Å². The molecule has 0 N–H and O–H groups in total. The second kappa shape index (κ2) is 9.45. The first-order valence-corrected chi connectivity index (χ1v) is 11.6. The molecular weight excluding hydrogens is 434 g/mol. The summed E-state index contributed by atoms with van der Waals surface area (Å²) in [6.45, 7) is 0. The van der Waals surface area contributed by atoms with Crippen LogP contribution in [-0.2, 0) is 21.7 Å². The minimum atomic E-state index is -0.451. The largest absolute Gasteiger partial charge is 0.493 e. The number of methoxy groups -OCH3 is 2. The summed E-state index contributed by atoms with van der Waals surface area (Å²) in [7, 11) is 2.83. The monoisotopic (exact) mass is 455 g/mol. The first-order chi connectivity index (χ1) is 15.1. The van der Waals surface area contributed by atoms with E-state index in [1.807, 2.05) is 40.9 Å². The molecule has 1 aliphatic heterocycles. The summed E-state index contributed by atoms with van der Waals surface area (Å²) in [4.78, 5) is 25.8. The number of ether oxygens (including phenoxy) is 3. The lowest BCUT2D eigenvalue weighted by Gasteiger charge is -2.14. The van der Waals surface area contributed by atoms with Gasteiger partial charge in [0.1, 0.15) is 5.00 Å². The van der Waals surface area contributed by atoms with Crippen LogP contribution in [0.25, 0.3) is 11.1 Å². The van der Waals surface area contributed by atoms with Crippen LogP contribution < -0.4 is 9.47 Å². The van der Waals surface area contributed by atoms with E-state index in [0.717, 1.165) is 34.1 Å². The third-order valence-corrected chi connectivity index (χ3v) is 7.26. The number of carbonyl (C=O) groups is 2. The molecule has 2 aromatic heterocycles. The lowest BCUT2D eigenvalue weighted by Crippen LogP contribution is -2.14. The van der Waals surface area contributed by atoms with Crippen LogP contribution >= 0.6 is 23.1 Å². The third kappa shape index (κ3) is 4.55. The van der Waals surface area contributed by atoms with E-state index in [4.69, 9.17) is 9.47 Å². The van der Waals surface area contributed by atoms with Crippen molar-refractivity contribution in [3.8, 4) is 16.5 Å². The Balaban J connectivity index is 1.65. The van der Waals surface area contributed by atoms with E-state index in [1.165, 1.54) is 25.2 Å². The Kier molecular flexibility index (Phi) is 6.48. The molecule has 0 bridgehead atoms. The van der Waals surface area contributed by atoms with Gasteiger partial charge < -0.3 is 18.8 Å². The van der Waals surface area contributed by atoms with Crippen LogP contribution in [0.1, 0.15) is 26.4 Å². The predicted molar refractivity (Wildman–Crippen MR) is 123 cm³/mol. The van der Waals surface area contributed by atoms with Gasteiger partial charge in [-0.15, -0.1) is 11.3 Å². The highest BCUT2D eigenvalue weighted by atomic mass is 32.2. The number of thiophene rings is 1. The molecule has 31 heavy (non-hydrogen) atoms. The van der Waals surface area contributed by atoms with Crippen LogP contribution in [0.5, 0.6) is 11.5 Å². The fourth-order valence-electron chi connectivity index (χ4n) is 3.34. The number of aromatic nitrogens is 1. The van der Waals surface area contributed by atoms with E-state index in [9.17, 15) is 9.59 Å². The second-order valence-electron chi connectivity index (χ2n) is 6.73. The zero-order valence-electron chi connectivity index (χ0n) is 17.1. The molecule has 0 atom stereocenters. The SMILES string of the molecule is COC(=O)/C=C/c1ccc(OC(=O)c2c(-n3cccc3)sc3c2CCSC3)c(OC)c1. The zero-order chi connectivity index (χ0) is 21.8. The van der Waals surface area contributed by atoms with Crippen molar-refractivity contribution in [3.05, 3.63) is 70.4 Å². The Morgan fingerprint density at radius 2 is 1.94 bits per heavy atom. The number of hydrogen-bond acceptors (Lipinski definition) is 7. The maximum atomic E-state index is 13.3. The average molecular weight is 456 g/mol. The summed E-state index contributed by atoms with van der Waals surface area (Å²) in [5.41, 5.74) is 2.42. The number of benzene rings is 1. The van der Waals surface area contributed by atoms with Crippen molar-refractivity contribution in [1.29, 1.82) is 0 Å². The van der Waals surface area contributed by atoms with E-state index in [-0.39, 0.29) is 0 Å². The smallest absolute Gasteiger partial charge is 0.347 e. The van der Waals surface area contributed by atoms with Gasteiger partial charge in [-0.05, 0) is 53.6 Å². The first-order valence-electron chi connectivity index (χ1n) is 9.62. The predicted octanol–water partition coefficient (Wildman–Crippen LogP) is 4.74. The van der Waals surface area contributed by atoms with Gasteiger partial charge in [-0.2, -0.15) is 11.8 Å². The minimum Gasteiger partial charge on any atom is -0.493 e. The number of rotatable bonds is 6. The molecule has 0 amide bonds. The molecule has 6 nitrogen and oxygen atoms in total. The quantitative estimate of drug-likeness (QED) is 0.304. The maximum Gasteiger partial charge on any atom is 0.347 e. The molecule has 0 unspecified atom stereocenters. The highest BCUT2D eigenvalue weighted by Gasteiger charge is 2.28. The average Bonchev–Trinajstić information content (AvgIpc) is 3.45. The molecule has 8 heteroatoms. The summed E-state index contributed by atoms with van der Waals surface area (Å²) in [6, 6.07) is 8.99. The van der Waals surface area contributed by atoms with E-state index in [0.29, 0.717) is 17.1 Å². The molecule has 1 aromatic carbocycles. The van der Waals surface area contributed by atoms with Gasteiger partial charge in [-0.3, -0.25) is 0 Å². The van der Waals surface area contributed by atoms with Crippen LogP contribution in [0.3, 0.4) is 0 Å². The number of esters is 2. The van der Waals surface area contributed by atoms with Crippen molar-refractivity contribution < 1.29 is 23.8 Å². The molecule has 0 saturated carbocycles. The summed E-state index contributed by atoms with van der Waals surface area (Å²) in [5, 5.41) is 0.874. The van der Waals surface area contributed by atoms with Crippen LogP contribution in [0.4, 0.5) is 0 Å². The van der Waals surface area contributed by atoms with Gasteiger partial charge in [0.2, 0.25) is 0 Å². The molecule has 3 aromatic rings. The molecule has 4 rings (SSSR count). The van der Waals surface area contributed by atoms with Crippen LogP contribution in [0.2, 0.25) is 0 Å². The fourth-order valence-corrected chi connectivity index (χ4v) is 5.77. The van der Waals surface area contributed by atoms with Crippen LogP contribution in [0, 0.1) is 0 Å². The molecule has 0 fully saturated rings. The molecule has 160 valence electrons. The first kappa shape index (κ1) is 21.3. The molecule has 0 spiro atoms. The molecule has 0 aliphatic carbocycles. The van der Waals surface area contributed by atoms with Crippen molar-refractivity contribution in [2.75, 3.05) is 20.0 Å². The Morgan fingerprint density at radius 1 is 1.13 bits per heavy atom. The second-order valence-corrected chi connectivity index (χ2v) is 8.92. The normalized spacial score (nSPS) is 13.1. The lowest BCUT2D eigenvalue weighted by atomic mass is 10.1. The summed E-state index contributed by atoms with van der Waals surface area (Å²) < 4.78 is 17.8. The molecule has 0 radical (unpaired) electrons. The molecule has 0 saturated heterocycles. The van der Waals surface area contributed by atoms with Crippen molar-refractivity contribution in [2.45, 2.75) is 12.2 Å². The fraction of sp³-hybridized carbons (Fsp3) is 0.217. The van der Waals surface area contributed by atoms with Crippen molar-refractivity contribution in [2.24, 2.45) is 0 Å². The topological polar surface area (TPSA) is 66.8 Å². The number of thioether (sulfide) groups is 1. The number of fused-ring (bicyclic) bond motifs is 1. The van der Waals surface area contributed by atoms with Gasteiger partial charge in [0.05, 0.1) is 19.8 Å². The zero-order valence-corrected chi connectivity index (χ0v) is 18.8. The minimum absolute atomic E-state index is 0.325. The summed E-state index contributed by atoms with van der Waals surface area (Å²) in [6.07, 6.45) is 7.64. The van der Waals surface area contributed by atoms with Gasteiger partial charge in [0.25, 0.3) is 0 Å². The van der Waals surface area contributed by atoms with Gasteiger partial charge in [-0.1, -0.05) is 6.07 Å². The van der Waals surface area contributed by atoms with E-state index in [1.54, 1.807) is 35.6 Å². The van der Waals surface area contributed by atoms with Gasteiger partial charge in [0, 0.05) is 29.1 Å². The summed E-state index contributed by atoms with van der Waals surface area (Å²) >= 11 is 3.52. The molecular formula is C23H21NO5S2. The Morgan fingerprint density at radius 3 is 2.68 bits per heavy atom. The molecule has 3 heterocycles. The van der Waals surface area contributed by atoms with Crippen molar-refractivity contribution in [1.82, 2.24) is 4.57 Å². The highest BCUT2D eigenvalue weighted by Crippen LogP contribution is 2.39. The highest BCUT2D eigenvalue weighted by molar-refractivity contribution is 7.98. The Bertz CT molecular complexity index is 1130. The standard InChI is InChI=1S/C23H21NO5S2/c1-27-18-13-15(6-8-20(25)28-2)5-7-17(18)29-23(26)21-16-9-12-30-14-19(16)31-22(21)24-10-3-4-11-24/h3-8,10-11,13H,9,12,14H2,1-2H3/b8-6+. The van der Waals surface area contributed by atoms with Gasteiger partial charge >= 0.3 is 11.9 Å². The molecule has 1 aliphatic rings. The van der Waals surface area contributed by atoms with E-state index >= 15 is 0 Å². The summed E-state index contributed by atoms with van der Waals surface area (Å²) in [5.74, 6) is 1.77. The van der Waals surface area contributed by atoms with Crippen LogP contribution in [0.15, 0.2) is 48.8 Å². The number of hydrogen-bond donors (Lipinski definition) is 0.